The number of nitrogens with zero attached hydrogens (tertiary/aromatic N) is 1. The Kier molecular flexibility index (Phi) is 2.54. The number of carbonyl (C=O) groups excluding carboxylic acids is 1. The first-order valence-electron chi connectivity index (χ1n) is 3.73. The van der Waals surface area contributed by atoms with E-state index in [2.05, 4.69) is 11.6 Å². The molecule has 1 saturated carbocycles. The van der Waals surface area contributed by atoms with Gasteiger partial charge >= 0.3 is 0 Å². The van der Waals surface area contributed by atoms with Gasteiger partial charge in [-0.1, -0.05) is 6.58 Å². The molecule has 0 aromatic heterocycles. The van der Waals surface area contributed by atoms with E-state index in [4.69, 9.17) is 5.73 Å². The van der Waals surface area contributed by atoms with Crippen molar-refractivity contribution in [2.24, 2.45) is 10.7 Å². The van der Waals surface area contributed by atoms with Gasteiger partial charge in [-0.3, -0.25) is 4.79 Å². The second-order valence-corrected chi connectivity index (χ2v) is 2.64. The zero-order valence-electron chi connectivity index (χ0n) is 6.42. The number of hydrogen-bond donors (Lipinski definition) is 1. The van der Waals surface area contributed by atoms with E-state index < -0.39 is 0 Å². The molecule has 60 valence electrons. The van der Waals surface area contributed by atoms with E-state index >= 15 is 0 Å². The van der Waals surface area contributed by atoms with Crippen molar-refractivity contribution in [1.82, 2.24) is 0 Å². The molecule has 0 bridgehead atoms. The van der Waals surface area contributed by atoms with Gasteiger partial charge in [0.15, 0.2) is 0 Å². The van der Waals surface area contributed by atoms with Crippen LogP contribution in [0.1, 0.15) is 19.3 Å². The number of carbonyl (C=O) groups is 1. The standard InChI is InChI=1S/C8H12N2O/c1-2-8(11)10-7-5-3-4-6(7)9/h2,6H,1,3-5,9H2/b10-7-/t6-/m1/s1. The SMILES string of the molecule is C=CC(=O)/N=C1/CCC[C@H]1N. The Morgan fingerprint density at radius 2 is 2.55 bits per heavy atom. The number of rotatable bonds is 1. The van der Waals surface area contributed by atoms with Crippen molar-refractivity contribution in [3.63, 3.8) is 0 Å². The third-order valence-corrected chi connectivity index (χ3v) is 1.80. The van der Waals surface area contributed by atoms with E-state index in [-0.39, 0.29) is 11.9 Å². The van der Waals surface area contributed by atoms with Gasteiger partial charge in [0.05, 0.1) is 0 Å². The van der Waals surface area contributed by atoms with Gasteiger partial charge in [-0.15, -0.1) is 0 Å². The van der Waals surface area contributed by atoms with E-state index in [0.717, 1.165) is 25.0 Å². The van der Waals surface area contributed by atoms with Crippen molar-refractivity contribution in [3.05, 3.63) is 12.7 Å². The van der Waals surface area contributed by atoms with Crippen molar-refractivity contribution < 1.29 is 4.79 Å². The molecule has 3 nitrogen and oxygen atoms in total. The van der Waals surface area contributed by atoms with Crippen molar-refractivity contribution >= 4 is 11.6 Å². The van der Waals surface area contributed by atoms with Crippen LogP contribution in [0.15, 0.2) is 17.6 Å². The van der Waals surface area contributed by atoms with Crippen LogP contribution in [0.3, 0.4) is 0 Å². The molecule has 11 heavy (non-hydrogen) atoms. The molecular formula is C8H12N2O. The van der Waals surface area contributed by atoms with Gasteiger partial charge < -0.3 is 5.73 Å². The first-order chi connectivity index (χ1) is 5.24. The molecule has 1 fully saturated rings. The fourth-order valence-electron chi connectivity index (χ4n) is 1.18. The average Bonchev–Trinajstić information content (AvgIpc) is 2.37. The van der Waals surface area contributed by atoms with Crippen LogP contribution in [0, 0.1) is 0 Å². The fourth-order valence-corrected chi connectivity index (χ4v) is 1.18. The summed E-state index contributed by atoms with van der Waals surface area (Å²) in [5, 5.41) is 0. The van der Waals surface area contributed by atoms with E-state index in [9.17, 15) is 4.79 Å². The van der Waals surface area contributed by atoms with Gasteiger partial charge in [-0.05, 0) is 25.3 Å². The summed E-state index contributed by atoms with van der Waals surface area (Å²) < 4.78 is 0. The van der Waals surface area contributed by atoms with E-state index in [0.29, 0.717) is 0 Å². The van der Waals surface area contributed by atoms with Crippen LogP contribution < -0.4 is 5.73 Å². The van der Waals surface area contributed by atoms with Crippen molar-refractivity contribution in [2.45, 2.75) is 25.3 Å². The summed E-state index contributed by atoms with van der Waals surface area (Å²) in [4.78, 5) is 14.6. The van der Waals surface area contributed by atoms with E-state index in [1.165, 1.54) is 6.08 Å². The molecule has 1 amide bonds. The Bertz CT molecular complexity index is 208. The molecule has 0 unspecified atom stereocenters. The van der Waals surface area contributed by atoms with Gasteiger partial charge in [0.25, 0.3) is 5.91 Å². The highest BCUT2D eigenvalue weighted by atomic mass is 16.1. The number of nitrogens with two attached hydrogens (primary N) is 1. The second kappa shape index (κ2) is 3.44. The average molecular weight is 152 g/mol. The van der Waals surface area contributed by atoms with Crippen molar-refractivity contribution in [2.75, 3.05) is 0 Å². The fraction of sp³-hybridized carbons (Fsp3) is 0.500. The molecule has 3 heteroatoms. The molecule has 0 spiro atoms. The third-order valence-electron chi connectivity index (χ3n) is 1.80. The maximum absolute atomic E-state index is 10.8. The van der Waals surface area contributed by atoms with Gasteiger partial charge in [-0.2, -0.15) is 0 Å². The van der Waals surface area contributed by atoms with Crippen LogP contribution in [-0.2, 0) is 4.79 Å². The molecule has 0 aliphatic heterocycles. The molecule has 0 aromatic rings. The summed E-state index contributed by atoms with van der Waals surface area (Å²) in [6, 6.07) is -0.00102. The maximum atomic E-state index is 10.8. The Morgan fingerprint density at radius 3 is 3.00 bits per heavy atom. The molecule has 1 aliphatic rings. The molecular weight excluding hydrogens is 140 g/mol. The normalized spacial score (nSPS) is 27.4. The molecule has 0 heterocycles. The first-order valence-corrected chi connectivity index (χ1v) is 3.73. The molecule has 1 rings (SSSR count). The Hall–Kier alpha value is -0.960. The van der Waals surface area contributed by atoms with Crippen molar-refractivity contribution in [1.29, 1.82) is 0 Å². The predicted molar refractivity (Wildman–Crippen MR) is 44.5 cm³/mol. The minimum atomic E-state index is -0.280. The third kappa shape index (κ3) is 1.98. The number of hydrogen-bond acceptors (Lipinski definition) is 2. The van der Waals surface area contributed by atoms with Crippen LogP contribution in [0.25, 0.3) is 0 Å². The highest BCUT2D eigenvalue weighted by molar-refractivity contribution is 6.03. The predicted octanol–water partition coefficient (Wildman–Crippen LogP) is 0.651. The maximum Gasteiger partial charge on any atom is 0.269 e. The van der Waals surface area contributed by atoms with Gasteiger partial charge in [0, 0.05) is 11.8 Å². The topological polar surface area (TPSA) is 55.5 Å². The van der Waals surface area contributed by atoms with Crippen LogP contribution in [0.2, 0.25) is 0 Å². The minimum Gasteiger partial charge on any atom is -0.323 e. The van der Waals surface area contributed by atoms with Crippen LogP contribution in [-0.4, -0.2) is 17.7 Å². The Balaban J connectivity index is 2.64. The summed E-state index contributed by atoms with van der Waals surface area (Å²) in [5.41, 5.74) is 6.49. The number of aliphatic imine (C=N–C) groups is 1. The molecule has 1 atom stereocenters. The highest BCUT2D eigenvalue weighted by Crippen LogP contribution is 2.13. The van der Waals surface area contributed by atoms with E-state index in [1.54, 1.807) is 0 Å². The highest BCUT2D eigenvalue weighted by Gasteiger charge is 2.18. The molecule has 1 aliphatic carbocycles. The quantitative estimate of drug-likeness (QED) is 0.561. The van der Waals surface area contributed by atoms with Crippen molar-refractivity contribution in [3.8, 4) is 0 Å². The second-order valence-electron chi connectivity index (χ2n) is 2.64. The largest absolute Gasteiger partial charge is 0.323 e. The van der Waals surface area contributed by atoms with Crippen LogP contribution in [0.4, 0.5) is 0 Å². The summed E-state index contributed by atoms with van der Waals surface area (Å²) in [5.74, 6) is -0.280. The van der Waals surface area contributed by atoms with Crippen LogP contribution in [0.5, 0.6) is 0 Å². The summed E-state index contributed by atoms with van der Waals surface area (Å²) >= 11 is 0. The lowest BCUT2D eigenvalue weighted by atomic mass is 10.2. The Morgan fingerprint density at radius 1 is 1.82 bits per heavy atom. The van der Waals surface area contributed by atoms with Gasteiger partial charge in [0.2, 0.25) is 0 Å². The summed E-state index contributed by atoms with van der Waals surface area (Å²) in [6.45, 7) is 3.33. The molecule has 2 N–H and O–H groups in total. The summed E-state index contributed by atoms with van der Waals surface area (Å²) in [6.07, 6.45) is 4.06. The molecule has 0 radical (unpaired) electrons. The monoisotopic (exact) mass is 152 g/mol. The zero-order valence-corrected chi connectivity index (χ0v) is 6.42. The number of amides is 1. The zero-order chi connectivity index (χ0) is 8.27. The lowest BCUT2D eigenvalue weighted by Gasteiger charge is -2.00. The molecule has 0 aromatic carbocycles. The van der Waals surface area contributed by atoms with Crippen LogP contribution >= 0.6 is 0 Å². The van der Waals surface area contributed by atoms with E-state index in [1.807, 2.05) is 0 Å². The van der Waals surface area contributed by atoms with Gasteiger partial charge in [-0.25, -0.2) is 4.99 Å². The summed E-state index contributed by atoms with van der Waals surface area (Å²) in [7, 11) is 0. The first kappa shape index (κ1) is 8.14. The lowest BCUT2D eigenvalue weighted by molar-refractivity contribution is -0.113. The van der Waals surface area contributed by atoms with Gasteiger partial charge in [0.1, 0.15) is 0 Å². The Labute approximate surface area is 66.0 Å². The minimum absolute atomic E-state index is 0.00102. The smallest absolute Gasteiger partial charge is 0.269 e. The lowest BCUT2D eigenvalue weighted by Crippen LogP contribution is -2.25. The molecule has 0 saturated heterocycles.